The summed E-state index contributed by atoms with van der Waals surface area (Å²) in [6.45, 7) is 4.28. The van der Waals surface area contributed by atoms with Crippen molar-refractivity contribution in [2.45, 2.75) is 63.6 Å². The molecule has 4 aliphatic carbocycles. The molecule has 1 aliphatic heterocycles. The predicted octanol–water partition coefficient (Wildman–Crippen LogP) is 2.24. The lowest BCUT2D eigenvalue weighted by atomic mass is 9.44. The summed E-state index contributed by atoms with van der Waals surface area (Å²) in [6, 6.07) is 0. The molecule has 0 amide bonds. The Hall–Kier alpha value is -1.93. The quantitative estimate of drug-likeness (QED) is 0.694. The molecule has 8 heteroatoms. The number of hydrogen-bond acceptors (Lipinski definition) is 6. The Kier molecular flexibility index (Phi) is 4.12. The van der Waals surface area contributed by atoms with E-state index in [0.29, 0.717) is 12.1 Å². The number of Topliss-reactive ketones (excluding diaryl/α,β-unsaturated/α-hetero) is 1. The third kappa shape index (κ3) is 2.11. The van der Waals surface area contributed by atoms with Crippen molar-refractivity contribution in [3.05, 3.63) is 23.8 Å². The van der Waals surface area contributed by atoms with E-state index in [1.165, 1.54) is 12.2 Å². The van der Waals surface area contributed by atoms with Gasteiger partial charge in [0.15, 0.2) is 11.5 Å². The maximum Gasteiger partial charge on any atom is 0.211 e. The molecule has 0 saturated heterocycles. The molecule has 31 heavy (non-hydrogen) atoms. The highest BCUT2D eigenvalue weighted by molar-refractivity contribution is 6.01. The summed E-state index contributed by atoms with van der Waals surface area (Å²) >= 11 is 0. The van der Waals surface area contributed by atoms with Gasteiger partial charge in [0, 0.05) is 16.7 Å². The number of allylic oxidation sites excluding steroid dienone is 4. The maximum atomic E-state index is 17.1. The second kappa shape index (κ2) is 6.10. The second-order valence-corrected chi connectivity index (χ2v) is 10.3. The van der Waals surface area contributed by atoms with Gasteiger partial charge in [0.05, 0.1) is 17.7 Å². The molecular weight excluding hydrogens is 408 g/mol. The molecule has 1 unspecified atom stereocenters. The molecule has 0 aromatic heterocycles. The molecule has 0 spiro atoms. The summed E-state index contributed by atoms with van der Waals surface area (Å²) in [5.74, 6) is -2.79. The van der Waals surface area contributed by atoms with Crippen LogP contribution in [-0.4, -0.2) is 57.6 Å². The second-order valence-electron chi connectivity index (χ2n) is 10.3. The highest BCUT2D eigenvalue weighted by Gasteiger charge is 2.79. The van der Waals surface area contributed by atoms with Crippen LogP contribution in [0.5, 0.6) is 0 Å². The zero-order chi connectivity index (χ0) is 22.6. The number of ketones is 2. The van der Waals surface area contributed by atoms with E-state index in [4.69, 9.17) is 4.84 Å². The minimum Gasteiger partial charge on any atom is -0.390 e. The number of halogens is 2. The minimum atomic E-state index is -2.21. The van der Waals surface area contributed by atoms with Crippen LogP contribution in [0.4, 0.5) is 8.78 Å². The highest BCUT2D eigenvalue weighted by atomic mass is 19.1. The molecule has 3 fully saturated rings. The molecule has 168 valence electrons. The molecule has 2 N–H and O–H groups in total. The van der Waals surface area contributed by atoms with E-state index in [2.05, 4.69) is 5.16 Å². The normalized spacial score (nSPS) is 52.4. The van der Waals surface area contributed by atoms with E-state index in [1.54, 1.807) is 20.8 Å². The number of alkyl halides is 2. The first-order valence-corrected chi connectivity index (χ1v) is 10.8. The van der Waals surface area contributed by atoms with Crippen LogP contribution in [0.2, 0.25) is 0 Å². The molecular formula is C23H27F2NO5. The summed E-state index contributed by atoms with van der Waals surface area (Å²) in [7, 11) is 0. The van der Waals surface area contributed by atoms with Crippen LogP contribution in [-0.2, 0) is 14.4 Å². The van der Waals surface area contributed by atoms with E-state index in [-0.39, 0.29) is 18.4 Å². The predicted molar refractivity (Wildman–Crippen MR) is 107 cm³/mol. The molecule has 9 atom stereocenters. The van der Waals surface area contributed by atoms with Gasteiger partial charge in [0.1, 0.15) is 12.8 Å². The average Bonchev–Trinajstić information content (AvgIpc) is 3.19. The Morgan fingerprint density at radius 2 is 2.03 bits per heavy atom. The number of aliphatic hydroxyl groups is 2. The monoisotopic (exact) mass is 435 g/mol. The van der Waals surface area contributed by atoms with Crippen LogP contribution in [0, 0.1) is 28.6 Å². The Bertz CT molecular complexity index is 977. The van der Waals surface area contributed by atoms with Gasteiger partial charge >= 0.3 is 0 Å². The van der Waals surface area contributed by atoms with Crippen LogP contribution in [0.15, 0.2) is 29.0 Å². The van der Waals surface area contributed by atoms with E-state index < -0.39 is 70.3 Å². The third-order valence-corrected chi connectivity index (χ3v) is 9.24. The molecule has 0 aromatic rings. The maximum absolute atomic E-state index is 17.1. The molecule has 0 bridgehead atoms. The van der Waals surface area contributed by atoms with Gasteiger partial charge < -0.3 is 15.1 Å². The first kappa shape index (κ1) is 20.9. The number of rotatable bonds is 2. The van der Waals surface area contributed by atoms with E-state index in [0.717, 1.165) is 6.08 Å². The van der Waals surface area contributed by atoms with Crippen molar-refractivity contribution in [3.63, 3.8) is 0 Å². The number of aliphatic hydroxyl groups excluding tert-OH is 2. The van der Waals surface area contributed by atoms with Gasteiger partial charge in [0.25, 0.3) is 0 Å². The van der Waals surface area contributed by atoms with Crippen molar-refractivity contribution in [1.82, 2.24) is 0 Å². The number of carbonyl (C=O) groups excluding carboxylic acids is 2. The number of hydrogen-bond donors (Lipinski definition) is 2. The summed E-state index contributed by atoms with van der Waals surface area (Å²) in [5.41, 5.74) is -5.58. The largest absolute Gasteiger partial charge is 0.390 e. The lowest BCUT2D eigenvalue weighted by molar-refractivity contribution is -0.229. The first-order valence-electron chi connectivity index (χ1n) is 10.8. The highest BCUT2D eigenvalue weighted by Crippen LogP contribution is 2.72. The Labute approximate surface area is 179 Å². The Morgan fingerprint density at radius 3 is 2.71 bits per heavy atom. The van der Waals surface area contributed by atoms with Gasteiger partial charge in [-0.05, 0) is 56.8 Å². The van der Waals surface area contributed by atoms with Gasteiger partial charge in [0.2, 0.25) is 11.4 Å². The van der Waals surface area contributed by atoms with Crippen molar-refractivity contribution in [2.75, 3.05) is 6.61 Å². The SMILES string of the molecule is CC1=NO[C@]2(C(=O)CO)[C@@H]1C[C@H]1[C@@H]3CC(F)C4=CC(=O)C=C[C@]4(C)[C@@]3(F)[C@@H](O)C[C@@]12C. The Balaban J connectivity index is 1.68. The molecule has 0 aromatic carbocycles. The van der Waals surface area contributed by atoms with Crippen molar-refractivity contribution in [1.29, 1.82) is 0 Å². The average molecular weight is 435 g/mol. The van der Waals surface area contributed by atoms with Crippen molar-refractivity contribution >= 4 is 17.3 Å². The summed E-state index contributed by atoms with van der Waals surface area (Å²) < 4.78 is 32.5. The summed E-state index contributed by atoms with van der Waals surface area (Å²) in [4.78, 5) is 30.6. The van der Waals surface area contributed by atoms with E-state index in [9.17, 15) is 19.8 Å². The third-order valence-electron chi connectivity index (χ3n) is 9.24. The van der Waals surface area contributed by atoms with E-state index in [1.807, 2.05) is 0 Å². The molecule has 3 saturated carbocycles. The fraction of sp³-hybridized carbons (Fsp3) is 0.696. The van der Waals surface area contributed by atoms with Gasteiger partial charge in [-0.25, -0.2) is 8.78 Å². The zero-order valence-corrected chi connectivity index (χ0v) is 17.8. The molecule has 5 rings (SSSR count). The van der Waals surface area contributed by atoms with Crippen LogP contribution in [0.25, 0.3) is 0 Å². The van der Waals surface area contributed by atoms with Gasteiger partial charge in [-0.15, -0.1) is 0 Å². The number of nitrogens with zero attached hydrogens (tertiary/aromatic N) is 1. The van der Waals surface area contributed by atoms with Crippen molar-refractivity contribution in [2.24, 2.45) is 33.7 Å². The number of carbonyl (C=O) groups is 2. The lowest BCUT2D eigenvalue weighted by Gasteiger charge is -2.62. The molecule has 1 heterocycles. The Morgan fingerprint density at radius 1 is 1.32 bits per heavy atom. The number of oxime groups is 1. The van der Waals surface area contributed by atoms with Gasteiger partial charge in [-0.1, -0.05) is 18.2 Å². The van der Waals surface area contributed by atoms with Crippen LogP contribution in [0.1, 0.15) is 40.0 Å². The van der Waals surface area contributed by atoms with E-state index >= 15 is 8.78 Å². The molecule has 5 aliphatic rings. The molecule has 6 nitrogen and oxygen atoms in total. The standard InChI is InChI=1S/C23H27F2NO5/c1-11-13-7-14-15-8-17(24)16-6-12(28)4-5-20(16,2)22(15,25)18(29)9-21(14,3)23(13,31-26-11)19(30)10-27/h4-6,13-15,17-18,27,29H,7-10H2,1-3H3/t13-,14+,15+,17?,18+,20+,21+,22+,23+/m1/s1. The fourth-order valence-corrected chi connectivity index (χ4v) is 7.75. The fourth-order valence-electron chi connectivity index (χ4n) is 7.75. The summed E-state index contributed by atoms with van der Waals surface area (Å²) in [6.07, 6.45) is 0.782. The van der Waals surface area contributed by atoms with Crippen molar-refractivity contribution < 1.29 is 33.4 Å². The first-order chi connectivity index (χ1) is 14.5. The van der Waals surface area contributed by atoms with Gasteiger partial charge in [-0.3, -0.25) is 9.59 Å². The summed E-state index contributed by atoms with van der Waals surface area (Å²) in [5, 5.41) is 25.0. The zero-order valence-electron chi connectivity index (χ0n) is 17.8. The smallest absolute Gasteiger partial charge is 0.211 e. The topological polar surface area (TPSA) is 96.2 Å². The van der Waals surface area contributed by atoms with Crippen LogP contribution >= 0.6 is 0 Å². The minimum absolute atomic E-state index is 0.0646. The number of fused-ring (bicyclic) bond motifs is 7. The van der Waals surface area contributed by atoms with Crippen LogP contribution in [0.3, 0.4) is 0 Å². The lowest BCUT2D eigenvalue weighted by Crippen LogP contribution is -2.70. The van der Waals surface area contributed by atoms with Gasteiger partial charge in [-0.2, -0.15) is 0 Å². The molecule has 0 radical (unpaired) electrons. The van der Waals surface area contributed by atoms with Crippen LogP contribution < -0.4 is 0 Å². The van der Waals surface area contributed by atoms with Crippen molar-refractivity contribution in [3.8, 4) is 0 Å².